The van der Waals surface area contributed by atoms with Gasteiger partial charge in [0.2, 0.25) is 0 Å². The number of fused-ring (bicyclic) bond motifs is 3. The number of hydrogen-bond acceptors (Lipinski definition) is 4. The zero-order chi connectivity index (χ0) is 22.9. The van der Waals surface area contributed by atoms with Crippen molar-refractivity contribution in [3.8, 4) is 0 Å². The van der Waals surface area contributed by atoms with E-state index in [4.69, 9.17) is 4.74 Å². The van der Waals surface area contributed by atoms with Gasteiger partial charge in [0, 0.05) is 60.3 Å². The topological polar surface area (TPSA) is 51.8 Å². The molecule has 7 heteroatoms. The molecule has 2 aromatic carbocycles. The molecule has 0 bridgehead atoms. The van der Waals surface area contributed by atoms with Gasteiger partial charge in [-0.15, -0.1) is 0 Å². The maximum atomic E-state index is 12.9. The van der Waals surface area contributed by atoms with Crippen LogP contribution in [0.4, 0.5) is 4.79 Å². The Hall–Kier alpha value is -2.35. The standard InChI is InChI=1S/C26H31BrN4O2/c1-3-33-26(32)31-11-10-21-22-16-20(27)8-9-23(22)28-24(21)25(31)19-6-4-18(5-7-19)17-30-14-12-29(2)13-15-30/h4-9,16,25,28H,3,10-15,17H2,1-2H3. The van der Waals surface area contributed by atoms with Crippen LogP contribution in [0.1, 0.15) is 35.3 Å². The van der Waals surface area contributed by atoms with Gasteiger partial charge in [-0.2, -0.15) is 0 Å². The Labute approximate surface area is 203 Å². The number of amides is 1. The largest absolute Gasteiger partial charge is 0.450 e. The number of hydrogen-bond donors (Lipinski definition) is 1. The number of piperazine rings is 1. The summed E-state index contributed by atoms with van der Waals surface area (Å²) in [6, 6.07) is 14.9. The van der Waals surface area contributed by atoms with Gasteiger partial charge < -0.3 is 14.6 Å². The number of aromatic amines is 1. The highest BCUT2D eigenvalue weighted by Crippen LogP contribution is 2.39. The molecule has 1 N–H and O–H groups in total. The third kappa shape index (κ3) is 4.54. The van der Waals surface area contributed by atoms with E-state index in [-0.39, 0.29) is 12.1 Å². The van der Waals surface area contributed by atoms with Crippen molar-refractivity contribution in [1.29, 1.82) is 0 Å². The van der Waals surface area contributed by atoms with Crippen molar-refractivity contribution in [2.75, 3.05) is 46.4 Å². The Morgan fingerprint density at radius 1 is 1.09 bits per heavy atom. The summed E-state index contributed by atoms with van der Waals surface area (Å²) in [4.78, 5) is 23.3. The minimum absolute atomic E-state index is 0.184. The number of likely N-dealkylation sites (N-methyl/N-ethyl adjacent to an activating group) is 1. The summed E-state index contributed by atoms with van der Waals surface area (Å²) in [5.41, 5.74) is 5.90. The highest BCUT2D eigenvalue weighted by molar-refractivity contribution is 9.10. The van der Waals surface area contributed by atoms with Crippen LogP contribution in [0.3, 0.4) is 0 Å². The van der Waals surface area contributed by atoms with Crippen molar-refractivity contribution in [2.24, 2.45) is 0 Å². The number of nitrogens with zero attached hydrogens (tertiary/aromatic N) is 3. The van der Waals surface area contributed by atoms with Crippen molar-refractivity contribution in [2.45, 2.75) is 25.9 Å². The van der Waals surface area contributed by atoms with Gasteiger partial charge in [-0.05, 0) is 55.3 Å². The lowest BCUT2D eigenvalue weighted by atomic mass is 9.92. The van der Waals surface area contributed by atoms with E-state index in [1.165, 1.54) is 16.5 Å². The zero-order valence-electron chi connectivity index (χ0n) is 19.3. The summed E-state index contributed by atoms with van der Waals surface area (Å²) in [5.74, 6) is 0. The van der Waals surface area contributed by atoms with Crippen LogP contribution >= 0.6 is 15.9 Å². The lowest BCUT2D eigenvalue weighted by molar-refractivity contribution is 0.0932. The van der Waals surface area contributed by atoms with E-state index in [9.17, 15) is 4.79 Å². The van der Waals surface area contributed by atoms with Gasteiger partial charge in [0.05, 0.1) is 6.61 Å². The average Bonchev–Trinajstić information content (AvgIpc) is 3.18. The van der Waals surface area contributed by atoms with Crippen LogP contribution in [0, 0.1) is 0 Å². The lowest BCUT2D eigenvalue weighted by Gasteiger charge is -2.35. The van der Waals surface area contributed by atoms with E-state index in [0.29, 0.717) is 13.2 Å². The monoisotopic (exact) mass is 510 g/mol. The van der Waals surface area contributed by atoms with Crippen LogP contribution in [0.5, 0.6) is 0 Å². The normalized spacial score (nSPS) is 19.6. The quantitative estimate of drug-likeness (QED) is 0.548. The van der Waals surface area contributed by atoms with Crippen molar-refractivity contribution < 1.29 is 9.53 Å². The molecule has 1 fully saturated rings. The minimum atomic E-state index is -0.255. The number of H-pyrrole nitrogens is 1. The van der Waals surface area contributed by atoms with Gasteiger partial charge in [-0.1, -0.05) is 40.2 Å². The number of rotatable bonds is 4. The first-order chi connectivity index (χ1) is 16.0. The molecule has 2 aliphatic heterocycles. The molecule has 6 nitrogen and oxygen atoms in total. The third-order valence-electron chi connectivity index (χ3n) is 6.89. The van der Waals surface area contributed by atoms with Gasteiger partial charge in [0.25, 0.3) is 0 Å². The van der Waals surface area contributed by atoms with Gasteiger partial charge in [-0.25, -0.2) is 4.79 Å². The summed E-state index contributed by atoms with van der Waals surface area (Å²) in [6.45, 7) is 8.28. The van der Waals surface area contributed by atoms with E-state index in [1.807, 2.05) is 11.8 Å². The van der Waals surface area contributed by atoms with Crippen LogP contribution in [-0.2, 0) is 17.7 Å². The van der Waals surface area contributed by atoms with Gasteiger partial charge in [0.1, 0.15) is 6.04 Å². The molecule has 5 rings (SSSR count). The molecule has 0 radical (unpaired) electrons. The van der Waals surface area contributed by atoms with Crippen LogP contribution in [-0.4, -0.2) is 72.2 Å². The second-order valence-electron chi connectivity index (χ2n) is 9.07. The van der Waals surface area contributed by atoms with Crippen LogP contribution in [0.25, 0.3) is 10.9 Å². The van der Waals surface area contributed by atoms with Crippen LogP contribution in [0.2, 0.25) is 0 Å². The fraction of sp³-hybridized carbons (Fsp3) is 0.423. The second kappa shape index (κ2) is 9.49. The Balaban J connectivity index is 1.47. The van der Waals surface area contributed by atoms with E-state index >= 15 is 0 Å². The minimum Gasteiger partial charge on any atom is -0.450 e. The first-order valence-corrected chi connectivity index (χ1v) is 12.6. The molecule has 3 aromatic rings. The maximum absolute atomic E-state index is 12.9. The van der Waals surface area contributed by atoms with E-state index in [0.717, 1.165) is 60.4 Å². The number of nitrogens with one attached hydrogen (secondary N) is 1. The number of ether oxygens (including phenoxy) is 1. The Bertz CT molecular complexity index is 1140. The fourth-order valence-corrected chi connectivity index (χ4v) is 5.44. The summed E-state index contributed by atoms with van der Waals surface area (Å²) in [7, 11) is 2.18. The van der Waals surface area contributed by atoms with E-state index in [2.05, 4.69) is 80.2 Å². The molecule has 1 saturated heterocycles. The summed E-state index contributed by atoms with van der Waals surface area (Å²) >= 11 is 3.61. The van der Waals surface area contributed by atoms with Crippen LogP contribution in [0.15, 0.2) is 46.9 Å². The van der Waals surface area contributed by atoms with Gasteiger partial charge in [-0.3, -0.25) is 9.80 Å². The summed E-state index contributed by atoms with van der Waals surface area (Å²) < 4.78 is 6.49. The Kier molecular flexibility index (Phi) is 6.45. The molecule has 2 aliphatic rings. The Morgan fingerprint density at radius 3 is 2.58 bits per heavy atom. The summed E-state index contributed by atoms with van der Waals surface area (Å²) in [6.07, 6.45) is 0.553. The number of benzene rings is 2. The highest BCUT2D eigenvalue weighted by Gasteiger charge is 2.35. The van der Waals surface area contributed by atoms with E-state index in [1.54, 1.807) is 0 Å². The maximum Gasteiger partial charge on any atom is 0.410 e. The molecule has 174 valence electrons. The van der Waals surface area contributed by atoms with Crippen molar-refractivity contribution in [1.82, 2.24) is 19.7 Å². The number of carbonyl (C=O) groups excluding carboxylic acids is 1. The smallest absolute Gasteiger partial charge is 0.410 e. The van der Waals surface area contributed by atoms with E-state index < -0.39 is 0 Å². The molecular formula is C26H31BrN4O2. The molecule has 0 aliphatic carbocycles. The SMILES string of the molecule is CCOC(=O)N1CCc2c([nH]c3ccc(Br)cc23)C1c1ccc(CN2CCN(C)CC2)cc1. The molecule has 1 atom stereocenters. The lowest BCUT2D eigenvalue weighted by Crippen LogP contribution is -2.43. The molecular weight excluding hydrogens is 480 g/mol. The molecule has 1 amide bonds. The molecule has 0 spiro atoms. The van der Waals surface area contributed by atoms with Crippen LogP contribution < -0.4 is 0 Å². The fourth-order valence-electron chi connectivity index (χ4n) is 5.08. The van der Waals surface area contributed by atoms with Crippen molar-refractivity contribution >= 4 is 32.9 Å². The Morgan fingerprint density at radius 2 is 1.85 bits per heavy atom. The second-order valence-corrected chi connectivity index (χ2v) is 9.99. The molecule has 1 unspecified atom stereocenters. The van der Waals surface area contributed by atoms with Crippen molar-refractivity contribution in [3.63, 3.8) is 0 Å². The van der Waals surface area contributed by atoms with Crippen molar-refractivity contribution in [3.05, 3.63) is 69.3 Å². The predicted octanol–water partition coefficient (Wildman–Crippen LogP) is 4.78. The highest BCUT2D eigenvalue weighted by atomic mass is 79.9. The molecule has 0 saturated carbocycles. The van der Waals surface area contributed by atoms with Gasteiger partial charge >= 0.3 is 6.09 Å². The molecule has 33 heavy (non-hydrogen) atoms. The number of carbonyl (C=O) groups is 1. The molecule has 1 aromatic heterocycles. The first kappa shape index (κ1) is 22.4. The average molecular weight is 511 g/mol. The first-order valence-electron chi connectivity index (χ1n) is 11.8. The summed E-state index contributed by atoms with van der Waals surface area (Å²) in [5, 5.41) is 1.22. The predicted molar refractivity (Wildman–Crippen MR) is 134 cm³/mol. The molecule has 3 heterocycles. The number of aromatic nitrogens is 1. The van der Waals surface area contributed by atoms with Gasteiger partial charge in [0.15, 0.2) is 0 Å². The zero-order valence-corrected chi connectivity index (χ0v) is 20.9. The third-order valence-corrected chi connectivity index (χ3v) is 7.38. The number of halogens is 1.